The number of benzene rings is 3. The van der Waals surface area contributed by atoms with E-state index in [2.05, 4.69) is 102 Å². The largest absolute Gasteiger partial charge is 0.465 e. The Labute approximate surface area is 370 Å². The standard InChI is InChI=1S/C39H42N8O4.C4H6O2.C3H8.C2H6O/c1-40-35(29-8-4-3-5-9-29)38(49)47-21-7-11-33(47)37-42-23-31(45-37)28-18-14-26(15-19-28)25-12-16-27(17-13-25)30-22-41-36(44-30)32-10-6-20-46(32)34(48)24-43-39(50)51-2;5-3-6-4-1-2-4;2*1-3-2/h3-5,8-9,12-19,22-23,32-33,35,40H,6-7,10-11,20-21,24H2,1-2H3,(H,41,44)(H,42,45)(H,43,50);3-4H,1-2H2;3H2,1-2H3;1-2H3. The van der Waals surface area contributed by atoms with Crippen LogP contribution in [-0.2, 0) is 28.6 Å². The number of nitrogens with one attached hydrogen (secondary N) is 4. The van der Waals surface area contributed by atoms with Crippen LogP contribution in [0.1, 0.15) is 94.1 Å². The number of carbonyl (C=O) groups excluding carboxylic acids is 4. The van der Waals surface area contributed by atoms with E-state index in [0.29, 0.717) is 19.6 Å². The summed E-state index contributed by atoms with van der Waals surface area (Å²) in [5.74, 6) is 1.44. The third-order valence-electron chi connectivity index (χ3n) is 10.7. The van der Waals surface area contributed by atoms with Crippen LogP contribution in [0, 0.1) is 0 Å². The second kappa shape index (κ2) is 24.4. The summed E-state index contributed by atoms with van der Waals surface area (Å²) >= 11 is 0. The normalized spacial score (nSPS) is 16.9. The van der Waals surface area contributed by atoms with Crippen LogP contribution in [0.25, 0.3) is 33.6 Å². The first kappa shape index (κ1) is 47.7. The lowest BCUT2D eigenvalue weighted by Gasteiger charge is -2.28. The van der Waals surface area contributed by atoms with Crippen molar-refractivity contribution in [3.63, 3.8) is 0 Å². The monoisotopic (exact) mass is 862 g/mol. The number of likely N-dealkylation sites (N-methyl/N-ethyl adjacent to an activating group) is 1. The molecule has 2 saturated heterocycles. The minimum absolute atomic E-state index is 0.0614. The van der Waals surface area contributed by atoms with Gasteiger partial charge in [0.25, 0.3) is 6.47 Å². The second-order valence-electron chi connectivity index (χ2n) is 15.5. The van der Waals surface area contributed by atoms with Crippen LogP contribution in [0.2, 0.25) is 0 Å². The quantitative estimate of drug-likeness (QED) is 0.0904. The molecule has 0 spiro atoms. The van der Waals surface area contributed by atoms with Gasteiger partial charge in [-0.1, -0.05) is 99.1 Å². The van der Waals surface area contributed by atoms with E-state index in [1.807, 2.05) is 48.5 Å². The Morgan fingerprint density at radius 3 is 1.67 bits per heavy atom. The summed E-state index contributed by atoms with van der Waals surface area (Å²) in [7, 11) is 6.35. The number of nitrogens with zero attached hydrogens (tertiary/aromatic N) is 4. The van der Waals surface area contributed by atoms with Crippen molar-refractivity contribution in [1.29, 1.82) is 0 Å². The predicted molar refractivity (Wildman–Crippen MR) is 242 cm³/mol. The minimum Gasteiger partial charge on any atom is -0.465 e. The van der Waals surface area contributed by atoms with Gasteiger partial charge in [-0.25, -0.2) is 14.8 Å². The van der Waals surface area contributed by atoms with Gasteiger partial charge in [-0.05, 0) is 73.4 Å². The summed E-state index contributed by atoms with van der Waals surface area (Å²) in [4.78, 5) is 67.2. The van der Waals surface area contributed by atoms with Crippen LogP contribution < -0.4 is 10.6 Å². The highest BCUT2D eigenvalue weighted by molar-refractivity contribution is 5.84. The maximum atomic E-state index is 13.6. The zero-order valence-electron chi connectivity index (χ0n) is 37.3. The molecule has 1 saturated carbocycles. The smallest absolute Gasteiger partial charge is 0.407 e. The van der Waals surface area contributed by atoms with Crippen molar-refractivity contribution >= 4 is 24.4 Å². The molecule has 2 aliphatic heterocycles. The van der Waals surface area contributed by atoms with Gasteiger partial charge in [0, 0.05) is 27.3 Å². The van der Waals surface area contributed by atoms with Crippen LogP contribution in [0.3, 0.4) is 0 Å². The molecule has 15 heteroatoms. The van der Waals surface area contributed by atoms with Crippen LogP contribution in [0.5, 0.6) is 0 Å². The highest BCUT2D eigenvalue weighted by Gasteiger charge is 2.36. The molecule has 1 aliphatic carbocycles. The van der Waals surface area contributed by atoms with E-state index in [1.54, 1.807) is 25.3 Å². The van der Waals surface area contributed by atoms with Gasteiger partial charge in [0.2, 0.25) is 11.8 Å². The number of likely N-dealkylation sites (tertiary alicyclic amines) is 2. The van der Waals surface area contributed by atoms with Crippen LogP contribution >= 0.6 is 0 Å². The van der Waals surface area contributed by atoms with Crippen LogP contribution in [-0.4, -0.2) is 108 Å². The molecule has 15 nitrogen and oxygen atoms in total. The number of alkyl carbamates (subject to hydrolysis) is 1. The van der Waals surface area contributed by atoms with E-state index in [1.165, 1.54) is 13.5 Å². The van der Waals surface area contributed by atoms with Gasteiger partial charge in [0.1, 0.15) is 30.3 Å². The molecule has 2 aromatic heterocycles. The number of methoxy groups -OCH3 is 2. The van der Waals surface area contributed by atoms with E-state index in [9.17, 15) is 19.2 Å². The van der Waals surface area contributed by atoms with Crippen molar-refractivity contribution in [2.45, 2.75) is 83.0 Å². The first-order valence-corrected chi connectivity index (χ1v) is 21.6. The molecule has 4 N–H and O–H groups in total. The number of hydrogen-bond donors (Lipinski definition) is 4. The van der Waals surface area contributed by atoms with E-state index in [0.717, 1.165) is 89.4 Å². The summed E-state index contributed by atoms with van der Waals surface area (Å²) in [6.45, 7) is 5.97. The average molecular weight is 863 g/mol. The van der Waals surface area contributed by atoms with Gasteiger partial charge in [0.15, 0.2) is 0 Å². The molecule has 8 rings (SSSR count). The first-order chi connectivity index (χ1) is 30.7. The van der Waals surface area contributed by atoms with Crippen molar-refractivity contribution < 1.29 is 33.4 Å². The Hall–Kier alpha value is -6.32. The van der Waals surface area contributed by atoms with Crippen molar-refractivity contribution in [2.75, 3.05) is 48.0 Å². The molecule has 3 fully saturated rings. The highest BCUT2D eigenvalue weighted by Crippen LogP contribution is 2.35. The second-order valence-corrected chi connectivity index (χ2v) is 15.5. The van der Waals surface area contributed by atoms with Crippen molar-refractivity contribution in [3.05, 3.63) is 108 Å². The summed E-state index contributed by atoms with van der Waals surface area (Å²) in [5, 5.41) is 5.67. The van der Waals surface area contributed by atoms with E-state index < -0.39 is 12.1 Å². The van der Waals surface area contributed by atoms with Gasteiger partial charge in [-0.3, -0.25) is 14.4 Å². The molecular formula is C48H62N8O7. The predicted octanol–water partition coefficient (Wildman–Crippen LogP) is 7.78. The van der Waals surface area contributed by atoms with Gasteiger partial charge >= 0.3 is 6.09 Å². The Bertz CT molecular complexity index is 2170. The van der Waals surface area contributed by atoms with Crippen molar-refractivity contribution in [3.8, 4) is 33.6 Å². The number of aromatic amines is 2. The molecule has 5 aromatic rings. The third kappa shape index (κ3) is 13.1. The van der Waals surface area contributed by atoms with E-state index >= 15 is 0 Å². The number of rotatable bonds is 12. The van der Waals surface area contributed by atoms with Gasteiger partial charge < -0.3 is 44.6 Å². The zero-order valence-corrected chi connectivity index (χ0v) is 37.3. The molecule has 3 amide bonds. The number of ether oxygens (including phenoxy) is 3. The maximum absolute atomic E-state index is 13.6. The lowest BCUT2D eigenvalue weighted by Crippen LogP contribution is -2.40. The Morgan fingerprint density at radius 2 is 1.22 bits per heavy atom. The van der Waals surface area contributed by atoms with Gasteiger partial charge in [-0.15, -0.1) is 0 Å². The molecule has 4 heterocycles. The zero-order chi connectivity index (χ0) is 45.1. The molecule has 3 atom stereocenters. The summed E-state index contributed by atoms with van der Waals surface area (Å²) in [6, 6.07) is 25.8. The Balaban J connectivity index is 0.000000550. The SMILES string of the molecule is CCC.CNC(C(=O)N1CCCC1c1ncc(-c2ccc(-c3ccc(-c4cnc(C5CCCN5C(=O)CNC(=O)OC)[nH]4)cc3)cc2)[nH]1)c1ccccc1.COC.O=COC1CC1. The van der Waals surface area contributed by atoms with E-state index in [4.69, 9.17) is 4.98 Å². The summed E-state index contributed by atoms with van der Waals surface area (Å²) in [6.07, 6.45) is 10.2. The van der Waals surface area contributed by atoms with Gasteiger partial charge in [0.05, 0.1) is 43.0 Å². The molecule has 3 aromatic carbocycles. The lowest BCUT2D eigenvalue weighted by molar-refractivity contribution is -0.134. The number of hydrogen-bond acceptors (Lipinski definition) is 10. The fourth-order valence-electron chi connectivity index (χ4n) is 7.50. The maximum Gasteiger partial charge on any atom is 0.407 e. The fraction of sp³-hybridized carbons (Fsp3) is 0.417. The van der Waals surface area contributed by atoms with Crippen molar-refractivity contribution in [1.82, 2.24) is 40.4 Å². The number of carbonyl (C=O) groups is 4. The Morgan fingerprint density at radius 1 is 0.746 bits per heavy atom. The van der Waals surface area contributed by atoms with E-state index in [-0.39, 0.29) is 36.5 Å². The summed E-state index contributed by atoms with van der Waals surface area (Å²) in [5.41, 5.74) is 6.92. The van der Waals surface area contributed by atoms with Crippen molar-refractivity contribution in [2.24, 2.45) is 0 Å². The first-order valence-electron chi connectivity index (χ1n) is 21.6. The molecular weight excluding hydrogens is 801 g/mol. The topological polar surface area (TPSA) is 184 Å². The fourth-order valence-corrected chi connectivity index (χ4v) is 7.50. The number of H-pyrrole nitrogens is 2. The molecule has 0 bridgehead atoms. The third-order valence-corrected chi connectivity index (χ3v) is 10.7. The molecule has 3 unspecified atom stereocenters. The number of imidazole rings is 2. The Kier molecular flexibility index (Phi) is 18.4. The average Bonchev–Trinajstić information content (AvgIpc) is 3.82. The van der Waals surface area contributed by atoms with Crippen LogP contribution in [0.4, 0.5) is 4.79 Å². The number of aromatic nitrogens is 4. The van der Waals surface area contributed by atoms with Crippen LogP contribution in [0.15, 0.2) is 91.3 Å². The molecule has 3 aliphatic rings. The highest BCUT2D eigenvalue weighted by atomic mass is 16.5. The molecule has 0 radical (unpaired) electrons. The minimum atomic E-state index is -0.630. The molecule has 336 valence electrons. The lowest BCUT2D eigenvalue weighted by atomic mass is 10.0. The molecule has 63 heavy (non-hydrogen) atoms. The summed E-state index contributed by atoms with van der Waals surface area (Å²) < 4.78 is 13.3. The number of amides is 3. The van der Waals surface area contributed by atoms with Gasteiger partial charge in [-0.2, -0.15) is 0 Å².